The predicted octanol–water partition coefficient (Wildman–Crippen LogP) is 3.73. The molecule has 0 heterocycles. The average molecular weight is 199 g/mol. The van der Waals surface area contributed by atoms with Crippen LogP contribution in [-0.4, -0.2) is 6.54 Å². The molecule has 1 aromatic rings. The number of hydrogen-bond acceptors (Lipinski definition) is 0. The molecular weight excluding hydrogens is 182 g/mol. The van der Waals surface area contributed by atoms with Gasteiger partial charge in [-0.05, 0) is 25.3 Å². The number of benzene rings is 1. The van der Waals surface area contributed by atoms with Crippen LogP contribution in [0.4, 0.5) is 0 Å². The van der Waals surface area contributed by atoms with Crippen LogP contribution in [0.2, 0.25) is 0 Å². The predicted molar refractivity (Wildman–Crippen MR) is 62.8 cm³/mol. The maximum absolute atomic E-state index is 7.11. The normalized spacial score (nSPS) is 18.7. The highest BCUT2D eigenvalue weighted by Crippen LogP contribution is 2.41. The van der Waals surface area contributed by atoms with Crippen LogP contribution < -0.4 is 0 Å². The van der Waals surface area contributed by atoms with Gasteiger partial charge < -0.3 is 4.85 Å². The Balaban J connectivity index is 2.33. The van der Waals surface area contributed by atoms with Crippen molar-refractivity contribution >= 4 is 0 Å². The maximum Gasteiger partial charge on any atom is 0.224 e. The lowest BCUT2D eigenvalue weighted by atomic mass is 9.79. The van der Waals surface area contributed by atoms with E-state index in [2.05, 4.69) is 36.0 Å². The molecule has 0 amide bonds. The van der Waals surface area contributed by atoms with Gasteiger partial charge in [0.05, 0.1) is 5.41 Å². The van der Waals surface area contributed by atoms with E-state index in [0.29, 0.717) is 6.54 Å². The molecule has 0 atom stereocenters. The summed E-state index contributed by atoms with van der Waals surface area (Å²) in [7, 11) is 0. The van der Waals surface area contributed by atoms with E-state index in [1.54, 1.807) is 0 Å². The molecular formula is C14H17N. The van der Waals surface area contributed by atoms with Gasteiger partial charge in [0.1, 0.15) is 0 Å². The summed E-state index contributed by atoms with van der Waals surface area (Å²) in [6.45, 7) is 9.88. The zero-order valence-electron chi connectivity index (χ0n) is 9.29. The van der Waals surface area contributed by atoms with Crippen molar-refractivity contribution in [3.05, 3.63) is 46.8 Å². The fourth-order valence-electron chi connectivity index (χ4n) is 2.65. The zero-order chi connectivity index (χ0) is 10.7. The molecule has 0 radical (unpaired) electrons. The summed E-state index contributed by atoms with van der Waals surface area (Å²) < 4.78 is 0. The standard InChI is InChI=1S/C14H17N/c1-12-5-7-13(8-6-12)14(11-15-2)9-3-4-10-14/h5-8H,3-4,9-11H2,1H3. The molecule has 0 spiro atoms. The van der Waals surface area contributed by atoms with Crippen molar-refractivity contribution in [1.82, 2.24) is 0 Å². The lowest BCUT2D eigenvalue weighted by Crippen LogP contribution is -2.25. The molecule has 1 saturated carbocycles. The molecule has 1 nitrogen and oxygen atoms in total. The van der Waals surface area contributed by atoms with Crippen molar-refractivity contribution in [2.75, 3.05) is 6.54 Å². The number of hydrogen-bond donors (Lipinski definition) is 0. The molecule has 2 rings (SSSR count). The van der Waals surface area contributed by atoms with E-state index < -0.39 is 0 Å². The SMILES string of the molecule is [C-]#[N+]CC1(c2ccc(C)cc2)CCCC1. The minimum absolute atomic E-state index is 0.176. The minimum atomic E-state index is 0.176. The van der Waals surface area contributed by atoms with Crippen LogP contribution in [-0.2, 0) is 5.41 Å². The molecule has 0 saturated heterocycles. The van der Waals surface area contributed by atoms with Gasteiger partial charge in [-0.15, -0.1) is 0 Å². The highest BCUT2D eigenvalue weighted by Gasteiger charge is 2.38. The van der Waals surface area contributed by atoms with E-state index in [-0.39, 0.29) is 5.41 Å². The van der Waals surface area contributed by atoms with E-state index in [0.717, 1.165) is 0 Å². The van der Waals surface area contributed by atoms with Gasteiger partial charge in [-0.2, -0.15) is 0 Å². The van der Waals surface area contributed by atoms with Gasteiger partial charge in [0, 0.05) is 0 Å². The Labute approximate surface area is 91.9 Å². The number of aryl methyl sites for hydroxylation is 1. The maximum atomic E-state index is 7.11. The minimum Gasteiger partial charge on any atom is -0.316 e. The summed E-state index contributed by atoms with van der Waals surface area (Å²) in [5.41, 5.74) is 2.85. The Hall–Kier alpha value is -1.29. The van der Waals surface area contributed by atoms with Crippen LogP contribution in [0.3, 0.4) is 0 Å². The highest BCUT2D eigenvalue weighted by atomic mass is 14.7. The van der Waals surface area contributed by atoms with Crippen molar-refractivity contribution in [3.8, 4) is 0 Å². The van der Waals surface area contributed by atoms with Crippen LogP contribution in [0.15, 0.2) is 24.3 Å². The van der Waals surface area contributed by atoms with Crippen LogP contribution >= 0.6 is 0 Å². The first-order chi connectivity index (χ1) is 7.27. The first kappa shape index (κ1) is 10.2. The van der Waals surface area contributed by atoms with Gasteiger partial charge in [-0.25, -0.2) is 6.57 Å². The Bertz CT molecular complexity index is 363. The molecule has 1 aromatic carbocycles. The zero-order valence-corrected chi connectivity index (χ0v) is 9.29. The third-order valence-electron chi connectivity index (χ3n) is 3.61. The Morgan fingerprint density at radius 3 is 2.33 bits per heavy atom. The van der Waals surface area contributed by atoms with Gasteiger partial charge >= 0.3 is 0 Å². The van der Waals surface area contributed by atoms with Gasteiger partial charge in [0.2, 0.25) is 6.54 Å². The van der Waals surface area contributed by atoms with Crippen molar-refractivity contribution in [2.45, 2.75) is 38.0 Å². The summed E-state index contributed by atoms with van der Waals surface area (Å²) in [5, 5.41) is 0. The smallest absolute Gasteiger partial charge is 0.224 e. The monoisotopic (exact) mass is 199 g/mol. The van der Waals surface area contributed by atoms with Crippen molar-refractivity contribution in [1.29, 1.82) is 0 Å². The molecule has 1 aliphatic rings. The summed E-state index contributed by atoms with van der Waals surface area (Å²) in [5.74, 6) is 0. The van der Waals surface area contributed by atoms with E-state index in [1.165, 1.54) is 36.8 Å². The third-order valence-corrected chi connectivity index (χ3v) is 3.61. The molecule has 1 aliphatic carbocycles. The van der Waals surface area contributed by atoms with Crippen LogP contribution in [0.5, 0.6) is 0 Å². The molecule has 78 valence electrons. The molecule has 1 fully saturated rings. The molecule has 15 heavy (non-hydrogen) atoms. The fraction of sp³-hybridized carbons (Fsp3) is 0.500. The third kappa shape index (κ3) is 1.90. The second-order valence-corrected chi connectivity index (χ2v) is 4.67. The van der Waals surface area contributed by atoms with Crippen LogP contribution in [0, 0.1) is 13.5 Å². The molecule has 0 N–H and O–H groups in total. The first-order valence-corrected chi connectivity index (χ1v) is 5.67. The number of nitrogens with zero attached hydrogens (tertiary/aromatic N) is 1. The second-order valence-electron chi connectivity index (χ2n) is 4.67. The number of rotatable bonds is 2. The Morgan fingerprint density at radius 1 is 1.20 bits per heavy atom. The quantitative estimate of drug-likeness (QED) is 0.639. The fourth-order valence-corrected chi connectivity index (χ4v) is 2.65. The summed E-state index contributed by atoms with van der Waals surface area (Å²) in [6, 6.07) is 8.76. The summed E-state index contributed by atoms with van der Waals surface area (Å²) >= 11 is 0. The highest BCUT2D eigenvalue weighted by molar-refractivity contribution is 5.31. The van der Waals surface area contributed by atoms with E-state index in [1.807, 2.05) is 0 Å². The first-order valence-electron chi connectivity index (χ1n) is 5.67. The van der Waals surface area contributed by atoms with Crippen LogP contribution in [0.25, 0.3) is 4.85 Å². The summed E-state index contributed by atoms with van der Waals surface area (Å²) in [6.07, 6.45) is 4.95. The Kier molecular flexibility index (Phi) is 2.77. The van der Waals surface area contributed by atoms with Crippen molar-refractivity contribution in [2.24, 2.45) is 0 Å². The van der Waals surface area contributed by atoms with Crippen LogP contribution in [0.1, 0.15) is 36.8 Å². The molecule has 0 aliphatic heterocycles. The van der Waals surface area contributed by atoms with Gasteiger partial charge in [-0.3, -0.25) is 0 Å². The van der Waals surface area contributed by atoms with Gasteiger partial charge in [0.25, 0.3) is 0 Å². The topological polar surface area (TPSA) is 4.36 Å². The van der Waals surface area contributed by atoms with E-state index >= 15 is 0 Å². The van der Waals surface area contributed by atoms with Crippen molar-refractivity contribution in [3.63, 3.8) is 0 Å². The van der Waals surface area contributed by atoms with E-state index in [9.17, 15) is 0 Å². The van der Waals surface area contributed by atoms with Crippen molar-refractivity contribution < 1.29 is 0 Å². The molecule has 0 bridgehead atoms. The molecule has 1 heteroatoms. The van der Waals surface area contributed by atoms with E-state index in [4.69, 9.17) is 6.57 Å². The lowest BCUT2D eigenvalue weighted by molar-refractivity contribution is 0.478. The Morgan fingerprint density at radius 2 is 1.80 bits per heavy atom. The average Bonchev–Trinajstić information content (AvgIpc) is 2.69. The second kappa shape index (κ2) is 4.06. The largest absolute Gasteiger partial charge is 0.316 e. The molecule has 0 aromatic heterocycles. The summed E-state index contributed by atoms with van der Waals surface area (Å²) in [4.78, 5) is 3.64. The van der Waals surface area contributed by atoms with Gasteiger partial charge in [0.15, 0.2) is 0 Å². The lowest BCUT2D eigenvalue weighted by Gasteiger charge is -2.23. The van der Waals surface area contributed by atoms with Gasteiger partial charge in [-0.1, -0.05) is 42.7 Å². The molecule has 0 unspecified atom stereocenters.